The Hall–Kier alpha value is -0.430. The van der Waals surface area contributed by atoms with E-state index in [2.05, 4.69) is 5.04 Å². The standard InChI is InChI=1S/C11H14O5S/c1-4(12)7-5-3-6(8(7)11(13)17-2)10-9(5)14-16-15-10/h5-10H,3H2,1-2H3/t5-,6+,7-,8+,9-,10+/m1/s1. The van der Waals surface area contributed by atoms with Crippen molar-refractivity contribution in [1.82, 2.24) is 0 Å². The quantitative estimate of drug-likeness (QED) is 0.688. The van der Waals surface area contributed by atoms with Crippen LogP contribution in [0.2, 0.25) is 0 Å². The highest BCUT2D eigenvalue weighted by Crippen LogP contribution is 2.57. The molecule has 1 heterocycles. The monoisotopic (exact) mass is 258 g/mol. The van der Waals surface area contributed by atoms with E-state index in [-0.39, 0.29) is 46.8 Å². The summed E-state index contributed by atoms with van der Waals surface area (Å²) in [7, 11) is 0. The summed E-state index contributed by atoms with van der Waals surface area (Å²) in [4.78, 5) is 33.9. The van der Waals surface area contributed by atoms with Crippen molar-refractivity contribution in [3.05, 3.63) is 0 Å². The molecule has 0 aromatic carbocycles. The van der Waals surface area contributed by atoms with Gasteiger partial charge in [-0.1, -0.05) is 16.8 Å². The van der Waals surface area contributed by atoms with Gasteiger partial charge in [0.05, 0.1) is 0 Å². The maximum Gasteiger partial charge on any atom is 0.192 e. The van der Waals surface area contributed by atoms with Gasteiger partial charge in [-0.05, 0) is 19.6 Å². The fourth-order valence-corrected chi connectivity index (χ4v) is 4.28. The molecule has 2 bridgehead atoms. The van der Waals surface area contributed by atoms with E-state index in [4.69, 9.17) is 9.78 Å². The molecule has 5 nitrogen and oxygen atoms in total. The lowest BCUT2D eigenvalue weighted by Gasteiger charge is -2.31. The van der Waals surface area contributed by atoms with E-state index >= 15 is 0 Å². The molecule has 0 spiro atoms. The molecule has 6 atom stereocenters. The van der Waals surface area contributed by atoms with Crippen LogP contribution in [-0.2, 0) is 24.4 Å². The fraction of sp³-hybridized carbons (Fsp3) is 0.818. The SMILES string of the molecule is CSC(=O)[C@H]1[C@@H]2C[C@@H]([C@H]3OOO[C@@H]23)[C@H]1C(C)=O. The molecule has 2 saturated carbocycles. The minimum absolute atomic E-state index is 0.0568. The van der Waals surface area contributed by atoms with Crippen molar-refractivity contribution in [3.8, 4) is 0 Å². The molecule has 6 heteroatoms. The molecule has 0 amide bonds. The number of Topliss-reactive ketones (excluding diaryl/α,β-unsaturated/α-hetero) is 1. The average molecular weight is 258 g/mol. The highest BCUT2D eigenvalue weighted by molar-refractivity contribution is 8.13. The Morgan fingerprint density at radius 1 is 1.12 bits per heavy atom. The topological polar surface area (TPSA) is 61.8 Å². The van der Waals surface area contributed by atoms with E-state index in [1.54, 1.807) is 13.2 Å². The van der Waals surface area contributed by atoms with E-state index in [0.717, 1.165) is 6.42 Å². The van der Waals surface area contributed by atoms with Gasteiger partial charge >= 0.3 is 0 Å². The molecule has 1 aliphatic heterocycles. The zero-order valence-corrected chi connectivity index (χ0v) is 10.4. The van der Waals surface area contributed by atoms with Gasteiger partial charge in [0.15, 0.2) is 5.12 Å². The van der Waals surface area contributed by atoms with E-state index in [1.165, 1.54) is 11.8 Å². The molecule has 2 aliphatic carbocycles. The van der Waals surface area contributed by atoms with Gasteiger partial charge in [-0.25, -0.2) is 0 Å². The summed E-state index contributed by atoms with van der Waals surface area (Å²) in [6.07, 6.45) is 2.21. The smallest absolute Gasteiger partial charge is 0.192 e. The largest absolute Gasteiger partial charge is 0.300 e. The summed E-state index contributed by atoms with van der Waals surface area (Å²) in [5.41, 5.74) is 0. The Balaban J connectivity index is 1.93. The normalized spacial score (nSPS) is 47.2. The third-order valence-electron chi connectivity index (χ3n) is 4.27. The number of ketones is 1. The van der Waals surface area contributed by atoms with Crippen molar-refractivity contribution in [3.63, 3.8) is 0 Å². The van der Waals surface area contributed by atoms with Gasteiger partial charge in [0.2, 0.25) is 0 Å². The summed E-state index contributed by atoms with van der Waals surface area (Å²) >= 11 is 1.19. The van der Waals surface area contributed by atoms with Gasteiger partial charge in [-0.15, -0.1) is 0 Å². The van der Waals surface area contributed by atoms with E-state index < -0.39 is 0 Å². The zero-order chi connectivity index (χ0) is 12.2. The molecule has 0 aromatic heterocycles. The van der Waals surface area contributed by atoms with Gasteiger partial charge in [-0.3, -0.25) is 9.59 Å². The molecule has 0 radical (unpaired) electrons. The Kier molecular flexibility index (Phi) is 2.77. The summed E-state index contributed by atoms with van der Waals surface area (Å²) in [5.74, 6) is -0.281. The maximum atomic E-state index is 12.0. The van der Waals surface area contributed by atoms with Crippen LogP contribution in [0.5, 0.6) is 0 Å². The predicted molar refractivity (Wildman–Crippen MR) is 58.6 cm³/mol. The molecule has 0 unspecified atom stereocenters. The Morgan fingerprint density at radius 3 is 2.24 bits per heavy atom. The molecule has 3 fully saturated rings. The maximum absolute atomic E-state index is 12.0. The Bertz CT molecular complexity index is 371. The second-order valence-electron chi connectivity index (χ2n) is 4.94. The first-order chi connectivity index (χ1) is 8.15. The fourth-order valence-electron chi connectivity index (χ4n) is 3.68. The number of hydrogen-bond donors (Lipinski definition) is 0. The average Bonchev–Trinajstić information content (AvgIpc) is 2.96. The van der Waals surface area contributed by atoms with Crippen molar-refractivity contribution in [1.29, 1.82) is 0 Å². The highest BCUT2D eigenvalue weighted by atomic mass is 32.2. The molecular weight excluding hydrogens is 244 g/mol. The first-order valence-electron chi connectivity index (χ1n) is 5.72. The third kappa shape index (κ3) is 1.51. The van der Waals surface area contributed by atoms with Crippen molar-refractivity contribution in [2.75, 3.05) is 6.26 Å². The molecule has 94 valence electrons. The van der Waals surface area contributed by atoms with Gasteiger partial charge in [0.1, 0.15) is 18.0 Å². The van der Waals surface area contributed by atoms with Gasteiger partial charge < -0.3 is 0 Å². The van der Waals surface area contributed by atoms with Crippen molar-refractivity contribution >= 4 is 22.7 Å². The van der Waals surface area contributed by atoms with Crippen LogP contribution in [0.15, 0.2) is 0 Å². The van der Waals surface area contributed by atoms with Gasteiger partial charge in [-0.2, -0.15) is 9.78 Å². The lowest BCUT2D eigenvalue weighted by Crippen LogP contribution is -2.45. The van der Waals surface area contributed by atoms with E-state index in [1.807, 2.05) is 0 Å². The second kappa shape index (κ2) is 4.05. The Labute approximate surface area is 103 Å². The number of carbonyl (C=O) groups excluding carboxylic acids is 2. The van der Waals surface area contributed by atoms with Crippen LogP contribution in [0, 0.1) is 23.7 Å². The van der Waals surface area contributed by atoms with Crippen LogP contribution in [0.4, 0.5) is 0 Å². The number of carbonyl (C=O) groups is 2. The highest BCUT2D eigenvalue weighted by Gasteiger charge is 2.65. The molecule has 1 saturated heterocycles. The molecule has 17 heavy (non-hydrogen) atoms. The van der Waals surface area contributed by atoms with Crippen molar-refractivity contribution in [2.45, 2.75) is 25.6 Å². The summed E-state index contributed by atoms with van der Waals surface area (Å²) in [5, 5.41) is 4.63. The molecular formula is C11H14O5S. The predicted octanol–water partition coefficient (Wildman–Crippen LogP) is 0.978. The Morgan fingerprint density at radius 2 is 1.71 bits per heavy atom. The number of rotatable bonds is 2. The number of fused-ring (bicyclic) bond motifs is 5. The molecule has 0 N–H and O–H groups in total. The lowest BCUT2D eigenvalue weighted by molar-refractivity contribution is -0.470. The summed E-state index contributed by atoms with van der Waals surface area (Å²) in [6, 6.07) is 0. The first kappa shape index (κ1) is 11.6. The van der Waals surface area contributed by atoms with Crippen LogP contribution >= 0.6 is 11.8 Å². The van der Waals surface area contributed by atoms with E-state index in [0.29, 0.717) is 0 Å². The van der Waals surface area contributed by atoms with E-state index in [9.17, 15) is 9.59 Å². The van der Waals surface area contributed by atoms with Crippen molar-refractivity contribution < 1.29 is 24.4 Å². The zero-order valence-electron chi connectivity index (χ0n) is 9.62. The molecule has 3 rings (SSSR count). The molecule has 0 aromatic rings. The summed E-state index contributed by atoms with van der Waals surface area (Å²) in [6.45, 7) is 1.55. The van der Waals surface area contributed by atoms with Gasteiger partial charge in [0.25, 0.3) is 0 Å². The van der Waals surface area contributed by atoms with Crippen LogP contribution < -0.4 is 0 Å². The lowest BCUT2D eigenvalue weighted by atomic mass is 9.75. The molecule has 3 aliphatic rings. The number of thioether (sulfide) groups is 1. The van der Waals surface area contributed by atoms with Gasteiger partial charge in [0, 0.05) is 23.7 Å². The minimum Gasteiger partial charge on any atom is -0.300 e. The van der Waals surface area contributed by atoms with Crippen LogP contribution in [0.1, 0.15) is 13.3 Å². The second-order valence-corrected chi connectivity index (χ2v) is 5.75. The minimum atomic E-state index is -0.237. The summed E-state index contributed by atoms with van der Waals surface area (Å²) < 4.78 is 0. The third-order valence-corrected chi connectivity index (χ3v) is 4.94. The number of hydrogen-bond acceptors (Lipinski definition) is 6. The first-order valence-corrected chi connectivity index (χ1v) is 6.94. The van der Waals surface area contributed by atoms with Crippen LogP contribution in [0.3, 0.4) is 0 Å². The van der Waals surface area contributed by atoms with Crippen LogP contribution in [-0.4, -0.2) is 29.4 Å². The van der Waals surface area contributed by atoms with Crippen molar-refractivity contribution in [2.24, 2.45) is 23.7 Å². The van der Waals surface area contributed by atoms with Crippen LogP contribution in [0.25, 0.3) is 0 Å².